The van der Waals surface area contributed by atoms with Gasteiger partial charge in [-0.3, -0.25) is 4.79 Å². The molecule has 1 atom stereocenters. The number of fused-ring (bicyclic) bond motifs is 1. The van der Waals surface area contributed by atoms with Crippen LogP contribution in [-0.2, 0) is 11.8 Å². The maximum Gasteiger partial charge on any atom is 0.251 e. The van der Waals surface area contributed by atoms with Crippen LogP contribution < -0.4 is 5.56 Å². The number of pyridine rings is 1. The molecule has 0 aliphatic heterocycles. The number of H-pyrrole nitrogens is 1. The summed E-state index contributed by atoms with van der Waals surface area (Å²) in [6, 6.07) is 14.7. The third-order valence-electron chi connectivity index (χ3n) is 4.58. The van der Waals surface area contributed by atoms with Crippen LogP contribution in [0, 0.1) is 31.0 Å². The van der Waals surface area contributed by atoms with E-state index in [4.69, 9.17) is 0 Å². The Labute approximate surface area is 147 Å². The number of halogens is 1. The van der Waals surface area contributed by atoms with Crippen LogP contribution in [0.4, 0.5) is 4.39 Å². The lowest BCUT2D eigenvalue weighted by molar-refractivity contribution is 0.593. The van der Waals surface area contributed by atoms with Gasteiger partial charge in [0.25, 0.3) is 5.56 Å². The molecule has 0 saturated heterocycles. The lowest BCUT2D eigenvalue weighted by atomic mass is 9.78. The number of aromatic amines is 1. The van der Waals surface area contributed by atoms with Crippen LogP contribution in [0.5, 0.6) is 0 Å². The molecule has 0 fully saturated rings. The summed E-state index contributed by atoms with van der Waals surface area (Å²) >= 11 is 0. The highest BCUT2D eigenvalue weighted by Gasteiger charge is 2.27. The smallest absolute Gasteiger partial charge is 0.251 e. The Kier molecular flexibility index (Phi) is 4.18. The maximum absolute atomic E-state index is 13.7. The van der Waals surface area contributed by atoms with Gasteiger partial charge < -0.3 is 4.98 Å². The summed E-state index contributed by atoms with van der Waals surface area (Å²) in [5.41, 5.74) is 2.79. The molecule has 0 aliphatic carbocycles. The Morgan fingerprint density at radius 2 is 1.96 bits per heavy atom. The van der Waals surface area contributed by atoms with E-state index < -0.39 is 5.41 Å². The van der Waals surface area contributed by atoms with Gasteiger partial charge in [-0.15, -0.1) is 0 Å². The Morgan fingerprint density at radius 3 is 2.64 bits per heavy atom. The van der Waals surface area contributed by atoms with Crippen molar-refractivity contribution < 1.29 is 5.82 Å². The van der Waals surface area contributed by atoms with Gasteiger partial charge in [-0.1, -0.05) is 18.2 Å². The fourth-order valence-corrected chi connectivity index (χ4v) is 3.18. The summed E-state index contributed by atoms with van der Waals surface area (Å²) < 4.78 is 13.7. The monoisotopic (exact) mass is 336 g/mol. The maximum atomic E-state index is 13.7. The van der Waals surface area contributed by atoms with Gasteiger partial charge in [-0.2, -0.15) is 5.26 Å². The number of hydrogen-bond acceptors (Lipinski definition) is 2. The second-order valence-corrected chi connectivity index (χ2v) is 6.84. The molecule has 2 aromatic carbocycles. The minimum absolute atomic E-state index is 0. The van der Waals surface area contributed by atoms with Crippen molar-refractivity contribution in [3.8, 4) is 6.07 Å². The van der Waals surface area contributed by atoms with Gasteiger partial charge in [-0.25, -0.2) is 4.39 Å². The zero-order valence-electron chi connectivity index (χ0n) is 14.5. The van der Waals surface area contributed by atoms with Crippen LogP contribution in [0.2, 0.25) is 0 Å². The highest BCUT2D eigenvalue weighted by Crippen LogP contribution is 2.30. The molecule has 1 heterocycles. The second-order valence-electron chi connectivity index (χ2n) is 6.84. The minimum atomic E-state index is -0.823. The summed E-state index contributed by atoms with van der Waals surface area (Å²) in [7, 11) is 0. The number of benzene rings is 2. The molecule has 1 unspecified atom stereocenters. The number of rotatable bonds is 3. The van der Waals surface area contributed by atoms with Crippen molar-refractivity contribution in [3.63, 3.8) is 0 Å². The zero-order valence-corrected chi connectivity index (χ0v) is 14.5. The van der Waals surface area contributed by atoms with E-state index in [1.165, 1.54) is 12.1 Å². The molecular weight excluding hydrogens is 315 g/mol. The van der Waals surface area contributed by atoms with Gasteiger partial charge in [0.05, 0.1) is 11.5 Å². The van der Waals surface area contributed by atoms with Crippen LogP contribution in [0.3, 0.4) is 0 Å². The molecule has 4 heteroatoms. The first-order valence-electron chi connectivity index (χ1n) is 8.12. The zero-order chi connectivity index (χ0) is 18.2. The van der Waals surface area contributed by atoms with Gasteiger partial charge in [0.15, 0.2) is 0 Å². The van der Waals surface area contributed by atoms with Crippen molar-refractivity contribution in [2.45, 2.75) is 32.6 Å². The Balaban J connectivity index is 0.00000243. The van der Waals surface area contributed by atoms with E-state index in [-0.39, 0.29) is 12.8 Å². The molecular formula is C21H21FN2O. The van der Waals surface area contributed by atoms with Crippen LogP contribution in [0.1, 0.15) is 30.6 Å². The molecule has 0 aliphatic rings. The van der Waals surface area contributed by atoms with Gasteiger partial charge in [-0.05, 0) is 73.5 Å². The number of nitrogens with one attached hydrogen (secondary N) is 1. The van der Waals surface area contributed by atoms with E-state index in [9.17, 15) is 14.4 Å². The predicted octanol–water partition coefficient (Wildman–Crippen LogP) is 4.55. The van der Waals surface area contributed by atoms with Gasteiger partial charge >= 0.3 is 0 Å². The Bertz CT molecular complexity index is 1050. The van der Waals surface area contributed by atoms with Crippen molar-refractivity contribution in [1.29, 1.82) is 5.26 Å². The van der Waals surface area contributed by atoms with Crippen molar-refractivity contribution in [2.24, 2.45) is 0 Å². The van der Waals surface area contributed by atoms with Crippen LogP contribution in [0.25, 0.3) is 10.9 Å². The number of nitrogens with zero attached hydrogens (tertiary/aromatic N) is 1. The van der Waals surface area contributed by atoms with Crippen LogP contribution in [0.15, 0.2) is 47.3 Å². The molecule has 128 valence electrons. The molecule has 3 nitrogen and oxygen atoms in total. The van der Waals surface area contributed by atoms with Gasteiger partial charge in [0.2, 0.25) is 0 Å². The molecule has 3 aromatic rings. The van der Waals surface area contributed by atoms with E-state index in [0.29, 0.717) is 17.5 Å². The fourth-order valence-electron chi connectivity index (χ4n) is 3.18. The first kappa shape index (κ1) is 16.9. The topological polar surface area (TPSA) is 56.6 Å². The number of aryl methyl sites for hydroxylation is 2. The lowest BCUT2D eigenvalue weighted by Gasteiger charge is -2.23. The van der Waals surface area contributed by atoms with Crippen molar-refractivity contribution >= 4 is 10.9 Å². The Hall–Kier alpha value is -2.93. The number of nitriles is 1. The van der Waals surface area contributed by atoms with E-state index in [1.807, 2.05) is 44.2 Å². The molecule has 0 saturated carbocycles. The SMILES string of the molecule is Cc1cc(F)cc(CC(C)(C#N)c2ccc3cc(C)c(=O)[nH]c3c2)c1.[HH]. The highest BCUT2D eigenvalue weighted by molar-refractivity contribution is 5.80. The summed E-state index contributed by atoms with van der Waals surface area (Å²) in [6.45, 7) is 5.43. The normalized spacial score (nSPS) is 13.4. The molecule has 25 heavy (non-hydrogen) atoms. The quantitative estimate of drug-likeness (QED) is 0.762. The minimum Gasteiger partial charge on any atom is -0.322 e. The molecule has 3 rings (SSSR count). The van der Waals surface area contributed by atoms with Crippen LogP contribution in [-0.4, -0.2) is 4.98 Å². The largest absolute Gasteiger partial charge is 0.322 e. The first-order valence-corrected chi connectivity index (χ1v) is 8.12. The third-order valence-corrected chi connectivity index (χ3v) is 4.58. The molecule has 1 aromatic heterocycles. The van der Waals surface area contributed by atoms with E-state index in [2.05, 4.69) is 11.1 Å². The predicted molar refractivity (Wildman–Crippen MR) is 99.2 cm³/mol. The van der Waals surface area contributed by atoms with E-state index >= 15 is 0 Å². The number of hydrogen-bond donors (Lipinski definition) is 1. The van der Waals surface area contributed by atoms with Crippen LogP contribution >= 0.6 is 0 Å². The molecule has 0 amide bonds. The van der Waals surface area contributed by atoms with Gasteiger partial charge in [0, 0.05) is 12.5 Å². The number of aromatic nitrogens is 1. The highest BCUT2D eigenvalue weighted by atomic mass is 19.1. The van der Waals surface area contributed by atoms with Crippen molar-refractivity contribution in [3.05, 3.63) is 80.9 Å². The fraction of sp³-hybridized carbons (Fsp3) is 0.238. The summed E-state index contributed by atoms with van der Waals surface area (Å²) in [6.07, 6.45) is 0.393. The average Bonchev–Trinajstić information content (AvgIpc) is 2.54. The molecule has 0 spiro atoms. The van der Waals surface area contributed by atoms with Crippen molar-refractivity contribution in [1.82, 2.24) is 4.98 Å². The summed E-state index contributed by atoms with van der Waals surface area (Å²) in [5.74, 6) is -0.298. The van der Waals surface area contributed by atoms with Crippen molar-refractivity contribution in [2.75, 3.05) is 0 Å². The summed E-state index contributed by atoms with van der Waals surface area (Å²) in [5, 5.41) is 10.7. The average molecular weight is 336 g/mol. The van der Waals surface area contributed by atoms with E-state index in [1.54, 1.807) is 6.92 Å². The molecule has 0 radical (unpaired) electrons. The van der Waals surface area contributed by atoms with E-state index in [0.717, 1.165) is 22.1 Å². The first-order chi connectivity index (χ1) is 11.8. The standard InChI is InChI=1S/C21H19FN2O.H2/c1-13-6-15(9-18(22)7-13)11-21(3,12-23)17-5-4-16-8-14(2)20(25)24-19(16)10-17;/h4-10H,11H2,1-3H3,(H,24,25);1H. The third kappa shape index (κ3) is 3.32. The lowest BCUT2D eigenvalue weighted by Crippen LogP contribution is -2.23. The summed E-state index contributed by atoms with van der Waals surface area (Å²) in [4.78, 5) is 14.7. The van der Waals surface area contributed by atoms with Gasteiger partial charge in [0.1, 0.15) is 5.82 Å². The molecule has 1 N–H and O–H groups in total. The Morgan fingerprint density at radius 1 is 1.20 bits per heavy atom. The molecule has 0 bridgehead atoms. The second kappa shape index (κ2) is 6.18.